The Morgan fingerprint density at radius 2 is 1.33 bits per heavy atom. The number of esters is 2. The van der Waals surface area contributed by atoms with Crippen LogP contribution in [0.4, 0.5) is 0 Å². The maximum Gasteiger partial charge on any atom is 0.472 e. The fraction of sp³-hybridized carbons (Fsp3) is 0.750. The average molecular weight is 663 g/mol. The minimum Gasteiger partial charge on any atom is -0.462 e. The summed E-state index contributed by atoms with van der Waals surface area (Å²) in [5, 5.41) is 18.1. The van der Waals surface area contributed by atoms with Gasteiger partial charge in [-0.1, -0.05) is 70.4 Å². The van der Waals surface area contributed by atoms with Crippen molar-refractivity contribution in [3.05, 3.63) is 24.3 Å². The Morgan fingerprint density at radius 1 is 0.756 bits per heavy atom. The third-order valence-corrected chi connectivity index (χ3v) is 7.55. The van der Waals surface area contributed by atoms with Crippen LogP contribution in [0.2, 0.25) is 0 Å². The zero-order chi connectivity index (χ0) is 33.6. The normalized spacial score (nSPS) is 14.3. The number of ketones is 1. The Bertz CT molecular complexity index is 905. The fourth-order valence-corrected chi connectivity index (χ4v) is 4.83. The largest absolute Gasteiger partial charge is 0.472 e. The van der Waals surface area contributed by atoms with Crippen molar-refractivity contribution in [3.63, 3.8) is 0 Å². The summed E-state index contributed by atoms with van der Waals surface area (Å²) in [6, 6.07) is 0. The van der Waals surface area contributed by atoms with Gasteiger partial charge in [-0.25, -0.2) is 4.57 Å². The first-order valence-corrected chi connectivity index (χ1v) is 17.7. The number of hydrogen-bond acceptors (Lipinski definition) is 11. The van der Waals surface area contributed by atoms with Crippen molar-refractivity contribution in [2.24, 2.45) is 0 Å². The van der Waals surface area contributed by atoms with Crippen molar-refractivity contribution in [1.82, 2.24) is 0 Å². The monoisotopic (exact) mass is 662 g/mol. The molecule has 3 atom stereocenters. The maximum atomic E-state index is 12.3. The minimum atomic E-state index is -4.68. The van der Waals surface area contributed by atoms with Crippen molar-refractivity contribution in [2.45, 2.75) is 128 Å². The summed E-state index contributed by atoms with van der Waals surface area (Å²) < 4.78 is 31.9. The van der Waals surface area contributed by atoms with Crippen molar-refractivity contribution in [1.29, 1.82) is 0 Å². The molecule has 0 aliphatic rings. The van der Waals surface area contributed by atoms with Crippen LogP contribution in [0.1, 0.15) is 116 Å². The van der Waals surface area contributed by atoms with Gasteiger partial charge in [0.1, 0.15) is 19.0 Å². The molecule has 0 heterocycles. The molecule has 0 saturated carbocycles. The summed E-state index contributed by atoms with van der Waals surface area (Å²) in [6.07, 6.45) is 19.3. The number of hydrogen-bond donors (Lipinski definition) is 3. The molecule has 0 saturated heterocycles. The van der Waals surface area contributed by atoms with E-state index >= 15 is 0 Å². The molecule has 0 aromatic rings. The van der Waals surface area contributed by atoms with Gasteiger partial charge in [-0.2, -0.15) is 0 Å². The number of phosphoric ester groups is 1. The lowest BCUT2D eigenvalue weighted by Crippen LogP contribution is -2.30. The molecule has 0 bridgehead atoms. The number of aliphatic hydroxyl groups excluding tert-OH is 2. The number of unbranched alkanes of at least 4 members (excludes halogenated alkanes) is 11. The molecule has 0 aliphatic heterocycles. The molecule has 260 valence electrons. The van der Waals surface area contributed by atoms with E-state index in [1.807, 2.05) is 0 Å². The standard InChI is InChI=1S/C32H55O12P/c1-2-3-4-5-6-7-8-9-10-11-12-13-14-15-16-21-31(37)41-26-30(27-43-45(39,40)42-25-29(36)24-34)44-32(38)22-17-19-28(35)20-18-23-33/h9-10,18,20,23,29-30,34,36H,2-8,11-17,19,21-22,24-27H2,1H3,(H,39,40)/b10-9-,20-18+/t29-,30+/m0/s1. The van der Waals surface area contributed by atoms with Crippen molar-refractivity contribution >= 4 is 31.8 Å². The van der Waals surface area contributed by atoms with E-state index < -0.39 is 58.4 Å². The summed E-state index contributed by atoms with van der Waals surface area (Å²) in [5.74, 6) is -1.62. The van der Waals surface area contributed by atoms with Gasteiger partial charge >= 0.3 is 19.8 Å². The lowest BCUT2D eigenvalue weighted by Gasteiger charge is -2.20. The van der Waals surface area contributed by atoms with Crippen LogP contribution in [0, 0.1) is 0 Å². The molecule has 13 heteroatoms. The van der Waals surface area contributed by atoms with Gasteiger partial charge in [0.2, 0.25) is 0 Å². The third kappa shape index (κ3) is 29.0. The molecule has 0 fully saturated rings. The first kappa shape index (κ1) is 42.8. The van der Waals surface area contributed by atoms with Crippen LogP contribution in [0.15, 0.2) is 24.3 Å². The van der Waals surface area contributed by atoms with Crippen LogP contribution in [-0.2, 0) is 42.3 Å². The molecule has 0 spiro atoms. The molecular formula is C32H55O12P. The van der Waals surface area contributed by atoms with Gasteiger partial charge in [0.15, 0.2) is 11.9 Å². The Hall–Kier alpha value is -2.21. The summed E-state index contributed by atoms with van der Waals surface area (Å²) in [6.45, 7) is -0.235. The molecule has 0 amide bonds. The van der Waals surface area contributed by atoms with Gasteiger partial charge in [-0.15, -0.1) is 0 Å². The molecule has 0 aliphatic carbocycles. The number of carbonyl (C=O) groups excluding carboxylic acids is 4. The number of aliphatic hydroxyl groups is 2. The van der Waals surface area contributed by atoms with E-state index in [2.05, 4.69) is 23.6 Å². The van der Waals surface area contributed by atoms with E-state index in [4.69, 9.17) is 19.1 Å². The van der Waals surface area contributed by atoms with Crippen LogP contribution >= 0.6 is 7.82 Å². The predicted molar refractivity (Wildman–Crippen MR) is 169 cm³/mol. The van der Waals surface area contributed by atoms with E-state index in [-0.39, 0.29) is 31.5 Å². The Balaban J connectivity index is 4.42. The van der Waals surface area contributed by atoms with Gasteiger partial charge in [-0.05, 0) is 50.7 Å². The average Bonchev–Trinajstić information content (AvgIpc) is 3.02. The highest BCUT2D eigenvalue weighted by Crippen LogP contribution is 2.43. The highest BCUT2D eigenvalue weighted by molar-refractivity contribution is 7.47. The van der Waals surface area contributed by atoms with Gasteiger partial charge in [0.05, 0.1) is 19.8 Å². The Kier molecular flexibility index (Phi) is 27.8. The second kappa shape index (κ2) is 29.2. The van der Waals surface area contributed by atoms with Crippen LogP contribution in [0.5, 0.6) is 0 Å². The molecule has 0 aromatic heterocycles. The molecule has 0 radical (unpaired) electrons. The molecule has 12 nitrogen and oxygen atoms in total. The van der Waals surface area contributed by atoms with E-state index in [0.29, 0.717) is 12.7 Å². The van der Waals surface area contributed by atoms with Gasteiger partial charge in [0.25, 0.3) is 0 Å². The van der Waals surface area contributed by atoms with E-state index in [9.17, 15) is 33.7 Å². The van der Waals surface area contributed by atoms with Crippen LogP contribution in [-0.4, -0.2) is 77.7 Å². The van der Waals surface area contributed by atoms with E-state index in [0.717, 1.165) is 50.7 Å². The Labute approximate surface area is 268 Å². The summed E-state index contributed by atoms with van der Waals surface area (Å²) >= 11 is 0. The molecule has 0 rings (SSSR count). The smallest absolute Gasteiger partial charge is 0.462 e. The topological polar surface area (TPSA) is 183 Å². The van der Waals surface area contributed by atoms with Gasteiger partial charge < -0.3 is 24.6 Å². The molecular weight excluding hydrogens is 607 g/mol. The predicted octanol–water partition coefficient (Wildman–Crippen LogP) is 5.46. The molecule has 1 unspecified atom stereocenters. The van der Waals surface area contributed by atoms with Gasteiger partial charge in [-0.3, -0.25) is 28.2 Å². The first-order valence-electron chi connectivity index (χ1n) is 16.2. The lowest BCUT2D eigenvalue weighted by atomic mass is 10.1. The second-order valence-corrected chi connectivity index (χ2v) is 12.3. The van der Waals surface area contributed by atoms with Crippen LogP contribution < -0.4 is 0 Å². The number of phosphoric acid groups is 1. The summed E-state index contributed by atoms with van der Waals surface area (Å²) in [7, 11) is -4.68. The SMILES string of the molecule is CCCCCCCC/C=C\CCCCCCCC(=O)OC[C@H](COP(=O)(O)OC[C@@H](O)CO)OC(=O)CCCC(=O)/C=C/C=O. The second-order valence-electron chi connectivity index (χ2n) is 10.8. The zero-order valence-corrected chi connectivity index (χ0v) is 27.7. The molecule has 0 aromatic carbocycles. The number of aldehydes is 1. The van der Waals surface area contributed by atoms with Crippen molar-refractivity contribution < 1.29 is 57.4 Å². The quantitative estimate of drug-likeness (QED) is 0.0213. The minimum absolute atomic E-state index is 0.00157. The highest BCUT2D eigenvalue weighted by Gasteiger charge is 2.27. The fourth-order valence-electron chi connectivity index (χ4n) is 4.04. The van der Waals surface area contributed by atoms with Crippen LogP contribution in [0.3, 0.4) is 0 Å². The third-order valence-electron chi connectivity index (χ3n) is 6.60. The lowest BCUT2D eigenvalue weighted by molar-refractivity contribution is -0.161. The zero-order valence-electron chi connectivity index (χ0n) is 26.9. The molecule has 45 heavy (non-hydrogen) atoms. The highest BCUT2D eigenvalue weighted by atomic mass is 31.2. The van der Waals surface area contributed by atoms with Crippen LogP contribution in [0.25, 0.3) is 0 Å². The number of rotatable bonds is 31. The van der Waals surface area contributed by atoms with Crippen molar-refractivity contribution in [3.8, 4) is 0 Å². The molecule has 3 N–H and O–H groups in total. The van der Waals surface area contributed by atoms with E-state index in [1.54, 1.807) is 0 Å². The maximum absolute atomic E-state index is 12.3. The summed E-state index contributed by atoms with van der Waals surface area (Å²) in [5.41, 5.74) is 0. The first-order chi connectivity index (χ1) is 21.6. The summed E-state index contributed by atoms with van der Waals surface area (Å²) in [4.78, 5) is 56.2. The number of ether oxygens (including phenoxy) is 2. The Morgan fingerprint density at radius 3 is 1.96 bits per heavy atom. The van der Waals surface area contributed by atoms with Gasteiger partial charge in [0, 0.05) is 19.3 Å². The van der Waals surface area contributed by atoms with Crippen molar-refractivity contribution in [2.75, 3.05) is 26.4 Å². The number of carbonyl (C=O) groups is 4. The number of allylic oxidation sites excluding steroid dienone is 4. The van der Waals surface area contributed by atoms with E-state index in [1.165, 1.54) is 38.5 Å².